The maximum atomic E-state index is 12.5. The molecule has 0 bridgehead atoms. The molecule has 5 heteroatoms. The number of para-hydroxylation sites is 1. The Kier molecular flexibility index (Phi) is 5.39. The number of hydrogen-bond acceptors (Lipinski definition) is 4. The van der Waals surface area contributed by atoms with E-state index in [0.29, 0.717) is 11.1 Å². The minimum atomic E-state index is -0.839. The maximum Gasteiger partial charge on any atom is 0.311 e. The number of ether oxygens (including phenoxy) is 1. The summed E-state index contributed by atoms with van der Waals surface area (Å²) >= 11 is 0. The van der Waals surface area contributed by atoms with Crippen LogP contribution in [0.5, 0.6) is 0 Å². The Labute approximate surface area is 151 Å². The Morgan fingerprint density at radius 2 is 1.46 bits per heavy atom. The lowest BCUT2D eigenvalue weighted by Gasteiger charge is -2.19. The predicted octanol–water partition coefficient (Wildman–Crippen LogP) is 4.47. The van der Waals surface area contributed by atoms with Gasteiger partial charge in [0.25, 0.3) is 5.69 Å². The van der Waals surface area contributed by atoms with Crippen molar-refractivity contribution in [1.82, 2.24) is 0 Å². The van der Waals surface area contributed by atoms with E-state index in [1.54, 1.807) is 30.3 Å². The maximum absolute atomic E-state index is 12.5. The van der Waals surface area contributed by atoms with E-state index in [-0.39, 0.29) is 12.1 Å². The largest absolute Gasteiger partial charge is 0.452 e. The van der Waals surface area contributed by atoms with Crippen molar-refractivity contribution in [3.8, 4) is 0 Å². The van der Waals surface area contributed by atoms with Crippen LogP contribution in [0.15, 0.2) is 84.9 Å². The van der Waals surface area contributed by atoms with Gasteiger partial charge < -0.3 is 4.74 Å². The number of nitro benzene ring substituents is 1. The topological polar surface area (TPSA) is 69.4 Å². The summed E-state index contributed by atoms with van der Waals surface area (Å²) in [5.41, 5.74) is 1.79. The predicted molar refractivity (Wildman–Crippen MR) is 97.6 cm³/mol. The smallest absolute Gasteiger partial charge is 0.311 e. The van der Waals surface area contributed by atoms with Gasteiger partial charge in [0.2, 0.25) is 0 Å². The zero-order valence-corrected chi connectivity index (χ0v) is 13.9. The van der Waals surface area contributed by atoms with Gasteiger partial charge in [-0.15, -0.1) is 0 Å². The van der Waals surface area contributed by atoms with Gasteiger partial charge in [-0.25, -0.2) is 0 Å². The van der Waals surface area contributed by atoms with Gasteiger partial charge in [-0.1, -0.05) is 72.8 Å². The third kappa shape index (κ3) is 4.13. The van der Waals surface area contributed by atoms with Crippen molar-refractivity contribution >= 4 is 11.7 Å². The monoisotopic (exact) mass is 347 g/mol. The van der Waals surface area contributed by atoms with E-state index in [9.17, 15) is 14.9 Å². The molecule has 0 aromatic heterocycles. The van der Waals surface area contributed by atoms with Crippen molar-refractivity contribution in [2.24, 2.45) is 0 Å². The molecule has 0 spiro atoms. The van der Waals surface area contributed by atoms with Gasteiger partial charge in [0.1, 0.15) is 0 Å². The summed E-state index contributed by atoms with van der Waals surface area (Å²) in [6.45, 7) is 0. The fourth-order valence-corrected chi connectivity index (χ4v) is 2.75. The van der Waals surface area contributed by atoms with E-state index in [0.717, 1.165) is 5.56 Å². The first kappa shape index (κ1) is 17.4. The first-order valence-corrected chi connectivity index (χ1v) is 8.17. The second-order valence-electron chi connectivity index (χ2n) is 5.76. The quantitative estimate of drug-likeness (QED) is 0.375. The van der Waals surface area contributed by atoms with Gasteiger partial charge in [0, 0.05) is 6.07 Å². The fourth-order valence-electron chi connectivity index (χ4n) is 2.75. The lowest BCUT2D eigenvalue weighted by atomic mass is 9.99. The molecule has 130 valence electrons. The summed E-state index contributed by atoms with van der Waals surface area (Å²) in [5.74, 6) is -0.441. The molecule has 0 saturated carbocycles. The first-order chi connectivity index (χ1) is 12.6. The molecule has 0 aliphatic heterocycles. The average Bonchev–Trinajstić information content (AvgIpc) is 2.67. The number of nitro groups is 1. The van der Waals surface area contributed by atoms with Crippen LogP contribution in [0.2, 0.25) is 0 Å². The molecule has 0 fully saturated rings. The van der Waals surface area contributed by atoms with Gasteiger partial charge in [-0.05, 0) is 17.2 Å². The lowest BCUT2D eigenvalue weighted by molar-refractivity contribution is -0.386. The first-order valence-electron chi connectivity index (χ1n) is 8.17. The Morgan fingerprint density at radius 1 is 0.885 bits per heavy atom. The van der Waals surface area contributed by atoms with E-state index >= 15 is 0 Å². The lowest BCUT2D eigenvalue weighted by Crippen LogP contribution is -2.15. The van der Waals surface area contributed by atoms with Crippen LogP contribution in [0.25, 0.3) is 0 Å². The number of carbonyl (C=O) groups is 1. The summed E-state index contributed by atoms with van der Waals surface area (Å²) in [4.78, 5) is 23.4. The molecule has 0 saturated heterocycles. The second-order valence-corrected chi connectivity index (χ2v) is 5.76. The molecule has 3 aromatic rings. The summed E-state index contributed by atoms with van der Waals surface area (Å²) in [6, 6.07) is 24.6. The number of carbonyl (C=O) groups excluding carboxylic acids is 1. The highest BCUT2D eigenvalue weighted by atomic mass is 16.6. The van der Waals surface area contributed by atoms with Crippen molar-refractivity contribution < 1.29 is 14.5 Å². The molecule has 3 aromatic carbocycles. The summed E-state index contributed by atoms with van der Waals surface area (Å²) in [7, 11) is 0. The van der Waals surface area contributed by atoms with Crippen LogP contribution in [0, 0.1) is 10.1 Å². The summed E-state index contributed by atoms with van der Waals surface area (Å²) < 4.78 is 5.67. The fraction of sp³-hybridized carbons (Fsp3) is 0.0952. The van der Waals surface area contributed by atoms with Crippen molar-refractivity contribution in [3.05, 3.63) is 112 Å². The third-order valence-corrected chi connectivity index (χ3v) is 3.96. The molecule has 0 amide bonds. The van der Waals surface area contributed by atoms with Crippen LogP contribution in [0.3, 0.4) is 0 Å². The zero-order valence-electron chi connectivity index (χ0n) is 13.9. The van der Waals surface area contributed by atoms with E-state index in [4.69, 9.17) is 4.74 Å². The van der Waals surface area contributed by atoms with Crippen LogP contribution in [-0.4, -0.2) is 10.9 Å². The van der Waals surface area contributed by atoms with Gasteiger partial charge in [-0.2, -0.15) is 0 Å². The molecule has 0 radical (unpaired) electrons. The number of hydrogen-bond donors (Lipinski definition) is 0. The van der Waals surface area contributed by atoms with Crippen LogP contribution in [-0.2, 0) is 16.0 Å². The summed E-state index contributed by atoms with van der Waals surface area (Å²) in [6.07, 6.45) is -0.737. The average molecular weight is 347 g/mol. The van der Waals surface area contributed by atoms with Crippen LogP contribution in [0.4, 0.5) is 5.69 Å². The Morgan fingerprint density at radius 3 is 2.12 bits per heavy atom. The SMILES string of the molecule is O=C(Cc1ccccc1)OC(c1ccccc1)c1ccccc1[N+](=O)[O-]. The minimum absolute atomic E-state index is 0.0751. The number of esters is 1. The molecule has 3 rings (SSSR count). The van der Waals surface area contributed by atoms with Gasteiger partial charge in [0.05, 0.1) is 16.9 Å². The van der Waals surface area contributed by atoms with Crippen LogP contribution in [0.1, 0.15) is 22.8 Å². The highest BCUT2D eigenvalue weighted by molar-refractivity contribution is 5.73. The van der Waals surface area contributed by atoms with E-state index in [1.807, 2.05) is 48.5 Å². The standard InChI is InChI=1S/C21H17NO4/c23-20(15-16-9-3-1-4-10-16)26-21(17-11-5-2-6-12-17)18-13-7-8-14-19(18)22(24)25/h1-14,21H,15H2. The number of benzene rings is 3. The van der Waals surface area contributed by atoms with Crippen molar-refractivity contribution in [2.45, 2.75) is 12.5 Å². The Hall–Kier alpha value is -3.47. The Balaban J connectivity index is 1.93. The molecule has 0 N–H and O–H groups in total. The van der Waals surface area contributed by atoms with E-state index < -0.39 is 17.0 Å². The molecule has 0 heterocycles. The highest BCUT2D eigenvalue weighted by Crippen LogP contribution is 2.33. The second kappa shape index (κ2) is 8.07. The van der Waals surface area contributed by atoms with Crippen molar-refractivity contribution in [2.75, 3.05) is 0 Å². The third-order valence-electron chi connectivity index (χ3n) is 3.96. The number of nitrogens with zero attached hydrogens (tertiary/aromatic N) is 1. The van der Waals surface area contributed by atoms with E-state index in [2.05, 4.69) is 0 Å². The van der Waals surface area contributed by atoms with Crippen LogP contribution < -0.4 is 0 Å². The molecule has 1 atom stereocenters. The molecule has 26 heavy (non-hydrogen) atoms. The molecular weight excluding hydrogens is 330 g/mol. The van der Waals surface area contributed by atoms with Crippen molar-refractivity contribution in [3.63, 3.8) is 0 Å². The summed E-state index contributed by atoms with van der Waals surface area (Å²) in [5, 5.41) is 11.4. The molecule has 5 nitrogen and oxygen atoms in total. The normalized spacial score (nSPS) is 11.5. The van der Waals surface area contributed by atoms with E-state index in [1.165, 1.54) is 6.07 Å². The van der Waals surface area contributed by atoms with Crippen molar-refractivity contribution in [1.29, 1.82) is 0 Å². The minimum Gasteiger partial charge on any atom is -0.452 e. The Bertz CT molecular complexity index is 894. The molecule has 1 unspecified atom stereocenters. The molecular formula is C21H17NO4. The zero-order chi connectivity index (χ0) is 18.4. The van der Waals surface area contributed by atoms with Crippen LogP contribution >= 0.6 is 0 Å². The van der Waals surface area contributed by atoms with Gasteiger partial charge in [-0.3, -0.25) is 14.9 Å². The van der Waals surface area contributed by atoms with Gasteiger partial charge >= 0.3 is 5.97 Å². The molecule has 0 aliphatic rings. The van der Waals surface area contributed by atoms with Gasteiger partial charge in [0.15, 0.2) is 6.10 Å². The number of rotatable bonds is 6. The molecule has 0 aliphatic carbocycles. The highest BCUT2D eigenvalue weighted by Gasteiger charge is 2.26.